The van der Waals surface area contributed by atoms with Gasteiger partial charge in [-0.15, -0.1) is 0 Å². The predicted octanol–water partition coefficient (Wildman–Crippen LogP) is 11.8. The van der Waals surface area contributed by atoms with Crippen LogP contribution in [-0.4, -0.2) is 9.97 Å². The standard InChI is InChI=1S/C44H26N2O/c1-4-13-27(14-5-1)37-32-19-10-11-20-33(32)38(28-15-6-2-7-16-28)41-36-24-23-30(31-21-12-22-35(39(31)36)40(37)41)34-25-26-45-43-42(34)47-44(46-43)29-17-8-3-9-18-29/h1-26H. The van der Waals surface area contributed by atoms with Crippen molar-refractivity contribution in [3.8, 4) is 67.1 Å². The average molecular weight is 599 g/mol. The van der Waals surface area contributed by atoms with Crippen LogP contribution in [0.4, 0.5) is 0 Å². The van der Waals surface area contributed by atoms with E-state index in [9.17, 15) is 0 Å². The minimum atomic E-state index is 0.575. The van der Waals surface area contributed by atoms with E-state index in [0.29, 0.717) is 17.1 Å². The molecule has 47 heavy (non-hydrogen) atoms. The van der Waals surface area contributed by atoms with E-state index in [1.165, 1.54) is 66.1 Å². The van der Waals surface area contributed by atoms with Gasteiger partial charge in [0, 0.05) is 17.3 Å². The van der Waals surface area contributed by atoms with Crippen molar-refractivity contribution >= 4 is 32.8 Å². The molecule has 0 bridgehead atoms. The second-order valence-corrected chi connectivity index (χ2v) is 12.1. The molecule has 0 aliphatic heterocycles. The third-order valence-electron chi connectivity index (χ3n) is 9.52. The zero-order valence-electron chi connectivity index (χ0n) is 25.3. The summed E-state index contributed by atoms with van der Waals surface area (Å²) in [6.07, 6.45) is 1.83. The van der Waals surface area contributed by atoms with Crippen LogP contribution in [0.15, 0.2) is 162 Å². The Kier molecular flexibility index (Phi) is 5.57. The summed E-state index contributed by atoms with van der Waals surface area (Å²) in [6, 6.07) is 53.9. The Morgan fingerprint density at radius 1 is 0.383 bits per heavy atom. The summed E-state index contributed by atoms with van der Waals surface area (Å²) < 4.78 is 6.46. The molecule has 0 spiro atoms. The van der Waals surface area contributed by atoms with E-state index in [4.69, 9.17) is 9.40 Å². The quantitative estimate of drug-likeness (QED) is 0.202. The van der Waals surface area contributed by atoms with Crippen LogP contribution in [0.2, 0.25) is 0 Å². The third-order valence-corrected chi connectivity index (χ3v) is 9.52. The van der Waals surface area contributed by atoms with Crippen LogP contribution in [0.3, 0.4) is 0 Å². The number of oxazole rings is 1. The van der Waals surface area contributed by atoms with E-state index in [1.807, 2.05) is 42.6 Å². The summed E-state index contributed by atoms with van der Waals surface area (Å²) in [5, 5.41) is 4.96. The lowest BCUT2D eigenvalue weighted by Gasteiger charge is -2.20. The number of hydrogen-bond acceptors (Lipinski definition) is 3. The molecular formula is C44H26N2O. The molecule has 3 nitrogen and oxygen atoms in total. The van der Waals surface area contributed by atoms with Gasteiger partial charge in [-0.2, -0.15) is 4.98 Å². The second-order valence-electron chi connectivity index (χ2n) is 12.1. The molecule has 0 fully saturated rings. The van der Waals surface area contributed by atoms with Crippen molar-refractivity contribution in [2.75, 3.05) is 0 Å². The zero-order valence-corrected chi connectivity index (χ0v) is 25.3. The van der Waals surface area contributed by atoms with E-state index in [1.54, 1.807) is 0 Å². The van der Waals surface area contributed by atoms with Crippen LogP contribution in [0, 0.1) is 0 Å². The molecule has 0 unspecified atom stereocenters. The summed E-state index contributed by atoms with van der Waals surface area (Å²) >= 11 is 0. The lowest BCUT2D eigenvalue weighted by Crippen LogP contribution is -1.93. The Balaban J connectivity index is 1.31. The molecule has 9 aromatic rings. The lowest BCUT2D eigenvalue weighted by molar-refractivity contribution is 0.620. The molecule has 3 heteroatoms. The van der Waals surface area contributed by atoms with Gasteiger partial charge in [-0.3, -0.25) is 0 Å². The van der Waals surface area contributed by atoms with Crippen molar-refractivity contribution < 1.29 is 4.42 Å². The van der Waals surface area contributed by atoms with Gasteiger partial charge in [0.15, 0.2) is 11.2 Å². The van der Waals surface area contributed by atoms with Gasteiger partial charge in [-0.25, -0.2) is 4.98 Å². The molecule has 7 aromatic carbocycles. The van der Waals surface area contributed by atoms with Gasteiger partial charge in [0.1, 0.15) is 0 Å². The Labute approximate surface area is 271 Å². The molecule has 0 radical (unpaired) electrons. The van der Waals surface area contributed by atoms with Crippen molar-refractivity contribution in [2.45, 2.75) is 0 Å². The fourth-order valence-corrected chi connectivity index (χ4v) is 7.59. The second kappa shape index (κ2) is 10.1. The largest absolute Gasteiger partial charge is 0.434 e. The minimum absolute atomic E-state index is 0.575. The molecule has 0 N–H and O–H groups in total. The van der Waals surface area contributed by atoms with Crippen LogP contribution in [-0.2, 0) is 0 Å². The van der Waals surface area contributed by atoms with Crippen molar-refractivity contribution in [3.63, 3.8) is 0 Å². The van der Waals surface area contributed by atoms with Gasteiger partial charge in [0.05, 0.1) is 0 Å². The highest BCUT2D eigenvalue weighted by atomic mass is 16.3. The van der Waals surface area contributed by atoms with E-state index in [0.717, 1.165) is 16.7 Å². The first-order valence-corrected chi connectivity index (χ1v) is 15.9. The summed E-state index contributed by atoms with van der Waals surface area (Å²) in [6.45, 7) is 0. The maximum atomic E-state index is 6.46. The van der Waals surface area contributed by atoms with E-state index < -0.39 is 0 Å². The fourth-order valence-electron chi connectivity index (χ4n) is 7.59. The monoisotopic (exact) mass is 598 g/mol. The van der Waals surface area contributed by atoms with Gasteiger partial charge in [-0.1, -0.05) is 133 Å². The van der Waals surface area contributed by atoms with Gasteiger partial charge < -0.3 is 4.42 Å². The number of benzene rings is 7. The number of fused-ring (bicyclic) bond motifs is 5. The SMILES string of the molecule is c1ccc(-c2nc3nccc(-c4ccc5c6c(cccc46)-c4c-5c(-c5ccccc5)c5ccccc5c4-c4ccccc4)c3o2)cc1. The molecular weight excluding hydrogens is 572 g/mol. The van der Waals surface area contributed by atoms with Crippen LogP contribution < -0.4 is 0 Å². The van der Waals surface area contributed by atoms with Gasteiger partial charge in [0.25, 0.3) is 0 Å². The topological polar surface area (TPSA) is 38.9 Å². The molecule has 0 amide bonds. The highest BCUT2D eigenvalue weighted by molar-refractivity contribution is 6.29. The van der Waals surface area contributed by atoms with Gasteiger partial charge in [0.2, 0.25) is 5.89 Å². The predicted molar refractivity (Wildman–Crippen MR) is 193 cm³/mol. The van der Waals surface area contributed by atoms with Crippen LogP contribution in [0.25, 0.3) is 99.9 Å². The molecule has 0 saturated carbocycles. The maximum Gasteiger partial charge on any atom is 0.228 e. The molecule has 1 aliphatic carbocycles. The van der Waals surface area contributed by atoms with Crippen LogP contribution in [0.1, 0.15) is 0 Å². The fraction of sp³-hybridized carbons (Fsp3) is 0. The first-order chi connectivity index (χ1) is 23.3. The van der Waals surface area contributed by atoms with E-state index in [-0.39, 0.29) is 0 Å². The van der Waals surface area contributed by atoms with Crippen molar-refractivity contribution in [3.05, 3.63) is 158 Å². The number of nitrogens with zero attached hydrogens (tertiary/aromatic N) is 2. The number of aromatic nitrogens is 2. The molecule has 2 aromatic heterocycles. The Morgan fingerprint density at radius 3 is 1.55 bits per heavy atom. The van der Waals surface area contributed by atoms with Crippen molar-refractivity contribution in [2.24, 2.45) is 0 Å². The molecule has 0 atom stereocenters. The number of rotatable bonds is 4. The Hall–Kier alpha value is -6.32. The maximum absolute atomic E-state index is 6.46. The van der Waals surface area contributed by atoms with Gasteiger partial charge in [-0.05, 0) is 89.8 Å². The van der Waals surface area contributed by atoms with Crippen molar-refractivity contribution in [1.29, 1.82) is 0 Å². The molecule has 218 valence electrons. The number of pyridine rings is 1. The van der Waals surface area contributed by atoms with Crippen LogP contribution >= 0.6 is 0 Å². The van der Waals surface area contributed by atoms with E-state index >= 15 is 0 Å². The Morgan fingerprint density at radius 2 is 0.915 bits per heavy atom. The normalized spacial score (nSPS) is 11.8. The third kappa shape index (κ3) is 3.81. The lowest BCUT2D eigenvalue weighted by atomic mass is 9.82. The Bertz CT molecular complexity index is 2570. The summed E-state index contributed by atoms with van der Waals surface area (Å²) in [4.78, 5) is 9.36. The summed E-state index contributed by atoms with van der Waals surface area (Å²) in [7, 11) is 0. The highest BCUT2D eigenvalue weighted by Crippen LogP contribution is 2.58. The molecule has 10 rings (SSSR count). The molecule has 1 aliphatic rings. The first kappa shape index (κ1) is 26.0. The minimum Gasteiger partial charge on any atom is -0.434 e. The van der Waals surface area contributed by atoms with Gasteiger partial charge >= 0.3 is 0 Å². The van der Waals surface area contributed by atoms with E-state index in [2.05, 4.69) is 120 Å². The summed E-state index contributed by atoms with van der Waals surface area (Å²) in [5.74, 6) is 0.575. The highest BCUT2D eigenvalue weighted by Gasteiger charge is 2.31. The van der Waals surface area contributed by atoms with Crippen LogP contribution in [0.5, 0.6) is 0 Å². The smallest absolute Gasteiger partial charge is 0.228 e. The number of hydrogen-bond donors (Lipinski definition) is 0. The zero-order chi connectivity index (χ0) is 30.9. The van der Waals surface area contributed by atoms with Crippen molar-refractivity contribution in [1.82, 2.24) is 9.97 Å². The summed E-state index contributed by atoms with van der Waals surface area (Å²) in [5.41, 5.74) is 14.4. The average Bonchev–Trinajstić information content (AvgIpc) is 3.73. The molecule has 0 saturated heterocycles. The molecule has 2 heterocycles. The first-order valence-electron chi connectivity index (χ1n) is 15.9.